The topological polar surface area (TPSA) is 94.8 Å². The maximum Gasteiger partial charge on any atom is 0.170 e. The first-order valence-corrected chi connectivity index (χ1v) is 8.47. The molecule has 0 aliphatic rings. The Bertz CT molecular complexity index is 526. The quantitative estimate of drug-likeness (QED) is 0.332. The molecule has 3 N–H and O–H groups in total. The number of Topliss-reactive ketones (excluding diaryl/α,β-unsaturated/α-hetero) is 2. The summed E-state index contributed by atoms with van der Waals surface area (Å²) in [6.07, 6.45) is 2.41. The highest BCUT2D eigenvalue weighted by Gasteiger charge is 2.25. The van der Waals surface area contributed by atoms with Gasteiger partial charge in [0.15, 0.2) is 11.6 Å². The van der Waals surface area contributed by atoms with Crippen LogP contribution < -0.4 is 0 Å². The van der Waals surface area contributed by atoms with E-state index in [-0.39, 0.29) is 24.0 Å². The lowest BCUT2D eigenvalue weighted by molar-refractivity contribution is 0.0972. The van der Waals surface area contributed by atoms with E-state index in [1.165, 1.54) is 0 Å². The van der Waals surface area contributed by atoms with E-state index in [4.69, 9.17) is 23.2 Å². The molecule has 0 aliphatic heterocycles. The lowest BCUT2D eigenvalue weighted by Crippen LogP contribution is -2.06. The van der Waals surface area contributed by atoms with Crippen molar-refractivity contribution in [3.05, 3.63) is 17.2 Å². The molecular weight excluding hydrogens is 343 g/mol. The van der Waals surface area contributed by atoms with Gasteiger partial charge >= 0.3 is 0 Å². The Labute approximate surface area is 144 Å². The van der Waals surface area contributed by atoms with Gasteiger partial charge in [-0.3, -0.25) is 9.59 Å². The molecule has 0 unspecified atom stereocenters. The predicted octanol–water partition coefficient (Wildman–Crippen LogP) is 3.99. The number of ketones is 2. The summed E-state index contributed by atoms with van der Waals surface area (Å²) >= 11 is 11.1. The number of alkyl halides is 2. The number of halogens is 2. The minimum Gasteiger partial charge on any atom is -0.507 e. The van der Waals surface area contributed by atoms with E-state index >= 15 is 0 Å². The molecule has 0 atom stereocenters. The Morgan fingerprint density at radius 2 is 1.17 bits per heavy atom. The molecule has 0 heterocycles. The summed E-state index contributed by atoms with van der Waals surface area (Å²) in [6.45, 7) is 0. The first-order valence-electron chi connectivity index (χ1n) is 7.40. The molecular formula is C16H20Cl2O5. The average Bonchev–Trinajstić information content (AvgIpc) is 2.47. The molecule has 128 valence electrons. The summed E-state index contributed by atoms with van der Waals surface area (Å²) in [5, 5.41) is 29.8. The van der Waals surface area contributed by atoms with Crippen molar-refractivity contribution in [2.45, 2.75) is 38.5 Å². The highest BCUT2D eigenvalue weighted by atomic mass is 35.5. The summed E-state index contributed by atoms with van der Waals surface area (Å²) in [6, 6.07) is 0.906. The van der Waals surface area contributed by atoms with Crippen molar-refractivity contribution in [3.63, 3.8) is 0 Å². The van der Waals surface area contributed by atoms with Gasteiger partial charge in [0.05, 0.1) is 0 Å². The number of carbonyl (C=O) groups excluding carboxylic acids is 2. The number of benzene rings is 1. The van der Waals surface area contributed by atoms with Crippen LogP contribution in [0.3, 0.4) is 0 Å². The smallest absolute Gasteiger partial charge is 0.170 e. The minimum atomic E-state index is -0.672. The Kier molecular flexibility index (Phi) is 8.20. The number of hydrogen-bond donors (Lipinski definition) is 3. The van der Waals surface area contributed by atoms with E-state index in [0.717, 1.165) is 6.07 Å². The lowest BCUT2D eigenvalue weighted by Gasteiger charge is -2.12. The van der Waals surface area contributed by atoms with Crippen LogP contribution in [0.2, 0.25) is 0 Å². The number of phenolic OH excluding ortho intramolecular Hbond substituents is 3. The molecule has 5 nitrogen and oxygen atoms in total. The first-order chi connectivity index (χ1) is 10.9. The Morgan fingerprint density at radius 1 is 0.783 bits per heavy atom. The van der Waals surface area contributed by atoms with Gasteiger partial charge in [0.25, 0.3) is 0 Å². The average molecular weight is 363 g/mol. The molecule has 0 spiro atoms. The maximum atomic E-state index is 12.1. The van der Waals surface area contributed by atoms with Crippen LogP contribution in [0.4, 0.5) is 0 Å². The third-order valence-corrected chi connectivity index (χ3v) is 3.93. The zero-order valence-corrected chi connectivity index (χ0v) is 14.2. The molecule has 0 bridgehead atoms. The van der Waals surface area contributed by atoms with Gasteiger partial charge in [0.2, 0.25) is 0 Å². The van der Waals surface area contributed by atoms with Crippen molar-refractivity contribution >= 4 is 34.8 Å². The van der Waals surface area contributed by atoms with Crippen molar-refractivity contribution in [1.82, 2.24) is 0 Å². The van der Waals surface area contributed by atoms with Gasteiger partial charge in [0.1, 0.15) is 28.4 Å². The van der Waals surface area contributed by atoms with Gasteiger partial charge in [-0.15, -0.1) is 23.2 Å². The summed E-state index contributed by atoms with van der Waals surface area (Å²) in [5.74, 6) is -1.95. The second kappa shape index (κ2) is 9.63. The van der Waals surface area contributed by atoms with Crippen LogP contribution in [0.25, 0.3) is 0 Å². The zero-order valence-electron chi connectivity index (χ0n) is 12.6. The molecule has 1 rings (SSSR count). The monoisotopic (exact) mass is 362 g/mol. The van der Waals surface area contributed by atoms with E-state index in [1.807, 2.05) is 0 Å². The van der Waals surface area contributed by atoms with Gasteiger partial charge in [-0.05, 0) is 25.7 Å². The van der Waals surface area contributed by atoms with Crippen molar-refractivity contribution in [3.8, 4) is 17.2 Å². The SMILES string of the molecule is O=C(CCCCCl)c1c(O)cc(O)c(C(=O)CCCCCl)c1O. The minimum absolute atomic E-state index is 0.0818. The molecule has 0 radical (unpaired) electrons. The fourth-order valence-corrected chi connectivity index (χ4v) is 2.58. The Hall–Kier alpha value is -1.46. The van der Waals surface area contributed by atoms with Crippen LogP contribution in [-0.4, -0.2) is 38.6 Å². The number of rotatable bonds is 10. The summed E-state index contributed by atoms with van der Waals surface area (Å²) in [4.78, 5) is 24.3. The zero-order chi connectivity index (χ0) is 17.4. The molecule has 0 amide bonds. The van der Waals surface area contributed by atoms with Crippen LogP contribution in [0, 0.1) is 0 Å². The molecule has 0 aliphatic carbocycles. The van der Waals surface area contributed by atoms with Gasteiger partial charge in [-0.25, -0.2) is 0 Å². The van der Waals surface area contributed by atoms with Crippen molar-refractivity contribution in [2.24, 2.45) is 0 Å². The normalized spacial score (nSPS) is 10.7. The molecule has 7 heteroatoms. The molecule has 1 aromatic rings. The first kappa shape index (κ1) is 19.6. The standard InChI is InChI=1S/C16H20Cl2O5/c17-7-3-1-5-10(19)14-12(21)9-13(22)15(16(14)23)11(20)6-2-4-8-18/h9,21-23H,1-8H2. The van der Waals surface area contributed by atoms with Crippen LogP contribution in [0.1, 0.15) is 59.2 Å². The second-order valence-electron chi connectivity index (χ2n) is 5.15. The molecule has 1 aromatic carbocycles. The molecule has 0 fully saturated rings. The third kappa shape index (κ3) is 5.29. The van der Waals surface area contributed by atoms with E-state index in [1.54, 1.807) is 0 Å². The van der Waals surface area contributed by atoms with Crippen LogP contribution in [0.5, 0.6) is 17.2 Å². The lowest BCUT2D eigenvalue weighted by atomic mass is 9.96. The number of unbranched alkanes of at least 4 members (excludes halogenated alkanes) is 2. The molecule has 0 saturated heterocycles. The van der Waals surface area contributed by atoms with Crippen molar-refractivity contribution < 1.29 is 24.9 Å². The number of carbonyl (C=O) groups is 2. The third-order valence-electron chi connectivity index (χ3n) is 3.39. The van der Waals surface area contributed by atoms with Crippen molar-refractivity contribution in [2.75, 3.05) is 11.8 Å². The van der Waals surface area contributed by atoms with Gasteiger partial charge < -0.3 is 15.3 Å². The van der Waals surface area contributed by atoms with Crippen molar-refractivity contribution in [1.29, 1.82) is 0 Å². The fourth-order valence-electron chi connectivity index (χ4n) is 2.20. The Balaban J connectivity index is 3.06. The Morgan fingerprint density at radius 3 is 1.52 bits per heavy atom. The molecule has 0 saturated carbocycles. The number of hydrogen-bond acceptors (Lipinski definition) is 5. The highest BCUT2D eigenvalue weighted by molar-refractivity contribution is 6.18. The fraction of sp³-hybridized carbons (Fsp3) is 0.500. The van der Waals surface area contributed by atoms with Gasteiger partial charge in [-0.1, -0.05) is 0 Å². The van der Waals surface area contributed by atoms with Gasteiger partial charge in [0, 0.05) is 30.7 Å². The van der Waals surface area contributed by atoms with Crippen LogP contribution in [-0.2, 0) is 0 Å². The van der Waals surface area contributed by atoms with E-state index in [0.29, 0.717) is 37.4 Å². The van der Waals surface area contributed by atoms with Gasteiger partial charge in [-0.2, -0.15) is 0 Å². The number of aromatic hydroxyl groups is 3. The molecule has 23 heavy (non-hydrogen) atoms. The second-order valence-corrected chi connectivity index (χ2v) is 5.91. The van der Waals surface area contributed by atoms with E-state index < -0.39 is 28.8 Å². The summed E-state index contributed by atoms with van der Waals surface area (Å²) in [7, 11) is 0. The predicted molar refractivity (Wildman–Crippen MR) is 89.2 cm³/mol. The summed E-state index contributed by atoms with van der Waals surface area (Å²) in [5.41, 5.74) is -0.670. The number of phenols is 3. The highest BCUT2D eigenvalue weighted by Crippen LogP contribution is 2.39. The molecule has 0 aromatic heterocycles. The maximum absolute atomic E-state index is 12.1. The van der Waals surface area contributed by atoms with Crippen LogP contribution >= 0.6 is 23.2 Å². The largest absolute Gasteiger partial charge is 0.507 e. The summed E-state index contributed by atoms with van der Waals surface area (Å²) < 4.78 is 0. The van der Waals surface area contributed by atoms with Crippen LogP contribution in [0.15, 0.2) is 6.07 Å². The van der Waals surface area contributed by atoms with E-state index in [9.17, 15) is 24.9 Å². The van der Waals surface area contributed by atoms with E-state index in [2.05, 4.69) is 0 Å².